The van der Waals surface area contributed by atoms with E-state index >= 15 is 0 Å². The maximum atomic E-state index is 10.7. The van der Waals surface area contributed by atoms with Crippen LogP contribution >= 0.6 is 0 Å². The zero-order valence-corrected chi connectivity index (χ0v) is 8.35. The first-order valence-corrected chi connectivity index (χ1v) is 4.50. The molecule has 2 rings (SSSR count). The molecule has 1 heterocycles. The molecular formula is C10H8N2O4. The van der Waals surface area contributed by atoms with Crippen molar-refractivity contribution in [2.24, 2.45) is 0 Å². The van der Waals surface area contributed by atoms with E-state index in [0.29, 0.717) is 16.5 Å². The van der Waals surface area contributed by atoms with Gasteiger partial charge in [-0.15, -0.1) is 0 Å². The van der Waals surface area contributed by atoms with Crippen LogP contribution in [0, 0.1) is 17.0 Å². The molecule has 16 heavy (non-hydrogen) atoms. The van der Waals surface area contributed by atoms with Gasteiger partial charge in [0.25, 0.3) is 5.69 Å². The van der Waals surface area contributed by atoms with Crippen molar-refractivity contribution in [1.29, 1.82) is 0 Å². The summed E-state index contributed by atoms with van der Waals surface area (Å²) in [6.45, 7) is 1.59. The van der Waals surface area contributed by atoms with Gasteiger partial charge in [0.2, 0.25) is 0 Å². The van der Waals surface area contributed by atoms with Gasteiger partial charge in [-0.3, -0.25) is 10.1 Å². The van der Waals surface area contributed by atoms with E-state index in [9.17, 15) is 14.9 Å². The molecule has 2 aromatic rings. The Hall–Kier alpha value is -2.37. The van der Waals surface area contributed by atoms with Gasteiger partial charge in [-0.1, -0.05) is 0 Å². The molecule has 6 nitrogen and oxygen atoms in total. The smallest absolute Gasteiger partial charge is 0.352 e. The number of carbonyl (C=O) groups is 1. The van der Waals surface area contributed by atoms with E-state index in [-0.39, 0.29) is 11.4 Å². The molecule has 2 N–H and O–H groups in total. The van der Waals surface area contributed by atoms with Gasteiger partial charge in [-0.25, -0.2) is 4.79 Å². The Morgan fingerprint density at radius 3 is 2.75 bits per heavy atom. The molecule has 0 radical (unpaired) electrons. The van der Waals surface area contributed by atoms with E-state index in [1.54, 1.807) is 6.92 Å². The summed E-state index contributed by atoms with van der Waals surface area (Å²) in [6, 6.07) is 4.36. The number of nitrogens with zero attached hydrogens (tertiary/aromatic N) is 1. The van der Waals surface area contributed by atoms with Gasteiger partial charge in [-0.2, -0.15) is 0 Å². The minimum absolute atomic E-state index is 0.0220. The number of nitro benzene ring substituents is 1. The summed E-state index contributed by atoms with van der Waals surface area (Å²) < 4.78 is 0. The van der Waals surface area contributed by atoms with Crippen molar-refractivity contribution >= 4 is 22.6 Å². The highest BCUT2D eigenvalue weighted by Gasteiger charge is 2.16. The highest BCUT2D eigenvalue weighted by Crippen LogP contribution is 2.27. The second-order valence-electron chi connectivity index (χ2n) is 3.42. The third-order valence-corrected chi connectivity index (χ3v) is 2.46. The fourth-order valence-corrected chi connectivity index (χ4v) is 1.65. The SMILES string of the molecule is Cc1c([N+](=O)[O-])ccc2cc(C(=O)O)[nH]c12. The summed E-state index contributed by atoms with van der Waals surface area (Å²) >= 11 is 0. The Kier molecular flexibility index (Phi) is 2.12. The highest BCUT2D eigenvalue weighted by molar-refractivity contribution is 5.95. The molecule has 0 saturated heterocycles. The Labute approximate surface area is 89.7 Å². The van der Waals surface area contributed by atoms with E-state index in [1.807, 2.05) is 0 Å². The van der Waals surface area contributed by atoms with Gasteiger partial charge >= 0.3 is 5.97 Å². The van der Waals surface area contributed by atoms with Crippen LogP contribution in [0.1, 0.15) is 16.1 Å². The lowest BCUT2D eigenvalue weighted by atomic mass is 10.1. The monoisotopic (exact) mass is 220 g/mol. The Morgan fingerprint density at radius 2 is 2.19 bits per heavy atom. The lowest BCUT2D eigenvalue weighted by molar-refractivity contribution is -0.385. The van der Waals surface area contributed by atoms with Crippen molar-refractivity contribution in [2.45, 2.75) is 6.92 Å². The largest absolute Gasteiger partial charge is 0.477 e. The standard InChI is InChI=1S/C10H8N2O4/c1-5-8(12(15)16)3-2-6-4-7(10(13)14)11-9(5)6/h2-4,11H,1H3,(H,13,14). The van der Waals surface area contributed by atoms with E-state index < -0.39 is 10.9 Å². The lowest BCUT2D eigenvalue weighted by Crippen LogP contribution is -1.95. The molecule has 0 unspecified atom stereocenters. The number of carboxylic acid groups (broad SMARTS) is 1. The van der Waals surface area contributed by atoms with Crippen molar-refractivity contribution in [2.75, 3.05) is 0 Å². The number of nitro groups is 1. The van der Waals surface area contributed by atoms with Gasteiger partial charge in [0.05, 0.1) is 16.0 Å². The van der Waals surface area contributed by atoms with Crippen LogP contribution in [0.25, 0.3) is 10.9 Å². The molecule has 0 aliphatic heterocycles. The number of aromatic amines is 1. The van der Waals surface area contributed by atoms with Crippen molar-refractivity contribution in [1.82, 2.24) is 4.98 Å². The molecule has 82 valence electrons. The fraction of sp³-hybridized carbons (Fsp3) is 0.100. The number of H-pyrrole nitrogens is 1. The van der Waals surface area contributed by atoms with Crippen molar-refractivity contribution in [3.63, 3.8) is 0 Å². The number of aromatic nitrogens is 1. The van der Waals surface area contributed by atoms with E-state index in [0.717, 1.165) is 0 Å². The number of nitrogens with one attached hydrogen (secondary N) is 1. The second kappa shape index (κ2) is 3.34. The van der Waals surface area contributed by atoms with Gasteiger partial charge < -0.3 is 10.1 Å². The first-order chi connectivity index (χ1) is 7.50. The van der Waals surface area contributed by atoms with Crippen molar-refractivity contribution in [3.8, 4) is 0 Å². The zero-order valence-electron chi connectivity index (χ0n) is 8.35. The molecule has 0 amide bonds. The first kappa shape index (κ1) is 10.2. The highest BCUT2D eigenvalue weighted by atomic mass is 16.6. The summed E-state index contributed by atoms with van der Waals surface area (Å²) in [5.74, 6) is -1.08. The van der Waals surface area contributed by atoms with E-state index in [1.165, 1.54) is 18.2 Å². The number of rotatable bonds is 2. The summed E-state index contributed by atoms with van der Waals surface area (Å²) in [7, 11) is 0. The van der Waals surface area contributed by atoms with Crippen molar-refractivity contribution in [3.05, 3.63) is 39.6 Å². The molecule has 0 atom stereocenters. The predicted molar refractivity (Wildman–Crippen MR) is 56.6 cm³/mol. The number of aromatic carboxylic acids is 1. The Bertz CT molecular complexity index is 600. The van der Waals surface area contributed by atoms with Gasteiger partial charge in [0, 0.05) is 11.5 Å². The summed E-state index contributed by atoms with van der Waals surface area (Å²) in [4.78, 5) is 23.6. The minimum Gasteiger partial charge on any atom is -0.477 e. The molecule has 0 bridgehead atoms. The zero-order chi connectivity index (χ0) is 11.9. The van der Waals surface area contributed by atoms with Gasteiger partial charge in [0.15, 0.2) is 0 Å². The first-order valence-electron chi connectivity index (χ1n) is 4.50. The Morgan fingerprint density at radius 1 is 1.50 bits per heavy atom. The molecule has 1 aromatic carbocycles. The second-order valence-corrected chi connectivity index (χ2v) is 3.42. The van der Waals surface area contributed by atoms with E-state index in [4.69, 9.17) is 5.11 Å². The number of benzene rings is 1. The maximum absolute atomic E-state index is 10.7. The van der Waals surface area contributed by atoms with Crippen LogP contribution in [0.15, 0.2) is 18.2 Å². The minimum atomic E-state index is -1.08. The summed E-state index contributed by atoms with van der Waals surface area (Å²) in [6.07, 6.45) is 0. The van der Waals surface area contributed by atoms with Crippen LogP contribution in [0.4, 0.5) is 5.69 Å². The lowest BCUT2D eigenvalue weighted by Gasteiger charge is -1.97. The van der Waals surface area contributed by atoms with Crippen LogP contribution in [0.2, 0.25) is 0 Å². The third kappa shape index (κ3) is 1.40. The van der Waals surface area contributed by atoms with Gasteiger partial charge in [0.1, 0.15) is 5.69 Å². The average molecular weight is 220 g/mol. The van der Waals surface area contributed by atoms with E-state index in [2.05, 4.69) is 4.98 Å². The van der Waals surface area contributed by atoms with Crippen LogP contribution in [0.3, 0.4) is 0 Å². The number of carboxylic acids is 1. The maximum Gasteiger partial charge on any atom is 0.352 e. The van der Waals surface area contributed by atoms with Crippen LogP contribution in [0.5, 0.6) is 0 Å². The molecule has 0 spiro atoms. The number of fused-ring (bicyclic) bond motifs is 1. The number of aryl methyl sites for hydroxylation is 1. The quantitative estimate of drug-likeness (QED) is 0.598. The molecule has 0 saturated carbocycles. The molecule has 0 aliphatic rings. The van der Waals surface area contributed by atoms with Crippen LogP contribution < -0.4 is 0 Å². The predicted octanol–water partition coefficient (Wildman–Crippen LogP) is 2.08. The topological polar surface area (TPSA) is 96.2 Å². The molecule has 6 heteroatoms. The fourth-order valence-electron chi connectivity index (χ4n) is 1.65. The van der Waals surface area contributed by atoms with Crippen LogP contribution in [-0.4, -0.2) is 21.0 Å². The molecule has 0 aliphatic carbocycles. The number of hydrogen-bond donors (Lipinski definition) is 2. The van der Waals surface area contributed by atoms with Gasteiger partial charge in [-0.05, 0) is 19.1 Å². The Balaban J connectivity index is 2.74. The third-order valence-electron chi connectivity index (χ3n) is 2.46. The molecule has 1 aromatic heterocycles. The average Bonchev–Trinajstić information content (AvgIpc) is 2.62. The summed E-state index contributed by atoms with van der Waals surface area (Å²) in [5, 5.41) is 20.1. The normalized spacial score (nSPS) is 10.6. The van der Waals surface area contributed by atoms with Crippen molar-refractivity contribution < 1.29 is 14.8 Å². The number of hydrogen-bond acceptors (Lipinski definition) is 3. The molecular weight excluding hydrogens is 212 g/mol. The summed E-state index contributed by atoms with van der Waals surface area (Å²) in [5.41, 5.74) is 0.937. The van der Waals surface area contributed by atoms with Crippen LogP contribution in [-0.2, 0) is 0 Å². The molecule has 0 fully saturated rings.